The molecule has 4 nitrogen and oxygen atoms in total. The van der Waals surface area contributed by atoms with Gasteiger partial charge in [-0.15, -0.1) is 0 Å². The number of benzene rings is 2. The van der Waals surface area contributed by atoms with Crippen molar-refractivity contribution in [3.05, 3.63) is 59.1 Å². The number of nitrogens with zero attached hydrogens (tertiary/aromatic N) is 2. The normalized spacial score (nSPS) is 15.6. The molecule has 0 spiro atoms. The number of carbonyl (C=O) groups excluding carboxylic acids is 1. The number of rotatable bonds is 4. The van der Waals surface area contributed by atoms with Gasteiger partial charge >= 0.3 is 0 Å². The fourth-order valence-electron chi connectivity index (χ4n) is 3.12. The topological polar surface area (TPSA) is 49.0 Å². The lowest BCUT2D eigenvalue weighted by Crippen LogP contribution is -2.31. The standard InChI is InChI=1S/C19H18ClN3OS/c20-14-8-9-15-16(12-14)22-19(21-15)25-17(13-6-2-1-3-7-13)18(24)23-10-4-5-11-23/h1-3,6-9,12,17H,4-5,10-11H2,(H,21,22)/t17-/m1/s1. The van der Waals surface area contributed by atoms with Crippen LogP contribution < -0.4 is 0 Å². The van der Waals surface area contributed by atoms with E-state index < -0.39 is 0 Å². The van der Waals surface area contributed by atoms with E-state index in [0.717, 1.165) is 47.7 Å². The Morgan fingerprint density at radius 2 is 1.92 bits per heavy atom. The van der Waals surface area contributed by atoms with Gasteiger partial charge in [0.25, 0.3) is 0 Å². The average Bonchev–Trinajstić information content (AvgIpc) is 3.29. The van der Waals surface area contributed by atoms with Crippen LogP contribution >= 0.6 is 23.4 Å². The zero-order chi connectivity index (χ0) is 17.2. The van der Waals surface area contributed by atoms with E-state index in [1.54, 1.807) is 0 Å². The van der Waals surface area contributed by atoms with Crippen LogP contribution in [0.25, 0.3) is 11.0 Å². The number of amides is 1. The summed E-state index contributed by atoms with van der Waals surface area (Å²) in [6.07, 6.45) is 2.17. The highest BCUT2D eigenvalue weighted by Gasteiger charge is 2.29. The monoisotopic (exact) mass is 371 g/mol. The Hall–Kier alpha value is -1.98. The maximum absolute atomic E-state index is 13.1. The summed E-state index contributed by atoms with van der Waals surface area (Å²) in [7, 11) is 0. The number of hydrogen-bond donors (Lipinski definition) is 1. The van der Waals surface area contributed by atoms with Crippen molar-refractivity contribution >= 4 is 40.3 Å². The van der Waals surface area contributed by atoms with E-state index in [-0.39, 0.29) is 11.2 Å². The molecule has 25 heavy (non-hydrogen) atoms. The first-order chi connectivity index (χ1) is 12.2. The zero-order valence-corrected chi connectivity index (χ0v) is 15.2. The summed E-state index contributed by atoms with van der Waals surface area (Å²) < 4.78 is 0. The molecule has 1 aromatic heterocycles. The maximum atomic E-state index is 13.1. The predicted octanol–water partition coefficient (Wildman–Crippen LogP) is 4.67. The number of nitrogens with one attached hydrogen (secondary N) is 1. The first kappa shape index (κ1) is 16.5. The SMILES string of the molecule is O=C([C@H](Sc1nc2ccc(Cl)cc2[nH]1)c1ccccc1)N1CCCC1. The Morgan fingerprint density at radius 1 is 1.16 bits per heavy atom. The number of hydrogen-bond acceptors (Lipinski definition) is 3. The van der Waals surface area contributed by atoms with Crippen LogP contribution in [0.5, 0.6) is 0 Å². The molecule has 1 atom stereocenters. The van der Waals surface area contributed by atoms with Gasteiger partial charge in [-0.1, -0.05) is 53.7 Å². The van der Waals surface area contributed by atoms with Crippen molar-refractivity contribution < 1.29 is 4.79 Å². The summed E-state index contributed by atoms with van der Waals surface area (Å²) in [6, 6.07) is 15.5. The van der Waals surface area contributed by atoms with E-state index in [4.69, 9.17) is 11.6 Å². The van der Waals surface area contributed by atoms with Gasteiger partial charge in [-0.2, -0.15) is 0 Å². The van der Waals surface area contributed by atoms with E-state index in [1.807, 2.05) is 53.4 Å². The van der Waals surface area contributed by atoms with E-state index in [0.29, 0.717) is 5.02 Å². The molecule has 1 N–H and O–H groups in total. The van der Waals surface area contributed by atoms with Crippen molar-refractivity contribution in [3.8, 4) is 0 Å². The molecule has 1 amide bonds. The Labute approximate surface area is 155 Å². The molecule has 4 rings (SSSR count). The Morgan fingerprint density at radius 3 is 2.68 bits per heavy atom. The summed E-state index contributed by atoms with van der Waals surface area (Å²) in [5.41, 5.74) is 2.74. The third-order valence-corrected chi connectivity index (χ3v) is 5.76. The van der Waals surface area contributed by atoms with Crippen molar-refractivity contribution in [3.63, 3.8) is 0 Å². The van der Waals surface area contributed by atoms with Crippen molar-refractivity contribution in [2.45, 2.75) is 23.2 Å². The molecule has 0 radical (unpaired) electrons. The number of thioether (sulfide) groups is 1. The molecule has 6 heteroatoms. The molecule has 1 aliphatic heterocycles. The smallest absolute Gasteiger partial charge is 0.240 e. The number of aromatic nitrogens is 2. The van der Waals surface area contributed by atoms with Crippen LogP contribution in [-0.2, 0) is 4.79 Å². The molecule has 1 aliphatic rings. The Balaban J connectivity index is 1.66. The number of carbonyl (C=O) groups is 1. The highest BCUT2D eigenvalue weighted by atomic mass is 35.5. The summed E-state index contributed by atoms with van der Waals surface area (Å²) in [5, 5.41) is 1.11. The van der Waals surface area contributed by atoms with E-state index in [1.165, 1.54) is 11.8 Å². The number of aromatic amines is 1. The predicted molar refractivity (Wildman–Crippen MR) is 102 cm³/mol. The molecular weight excluding hydrogens is 354 g/mol. The summed E-state index contributed by atoms with van der Waals surface area (Å²) in [4.78, 5) is 22.9. The minimum atomic E-state index is -0.296. The molecule has 1 saturated heterocycles. The van der Waals surface area contributed by atoms with Gasteiger partial charge in [-0.25, -0.2) is 4.98 Å². The molecule has 0 unspecified atom stereocenters. The number of H-pyrrole nitrogens is 1. The molecule has 2 aromatic carbocycles. The average molecular weight is 372 g/mol. The largest absolute Gasteiger partial charge is 0.341 e. The fraction of sp³-hybridized carbons (Fsp3) is 0.263. The van der Waals surface area contributed by atoms with Gasteiger partial charge in [0.2, 0.25) is 5.91 Å². The van der Waals surface area contributed by atoms with Crippen LogP contribution in [0.3, 0.4) is 0 Å². The van der Waals surface area contributed by atoms with Crippen LogP contribution in [0.15, 0.2) is 53.7 Å². The van der Waals surface area contributed by atoms with Crippen molar-refractivity contribution in [2.24, 2.45) is 0 Å². The fourth-order valence-corrected chi connectivity index (χ4v) is 4.38. The molecule has 1 fully saturated rings. The van der Waals surface area contributed by atoms with E-state index in [2.05, 4.69) is 9.97 Å². The number of halogens is 1. The summed E-state index contributed by atoms with van der Waals surface area (Å²) >= 11 is 7.52. The summed E-state index contributed by atoms with van der Waals surface area (Å²) in [6.45, 7) is 1.69. The van der Waals surface area contributed by atoms with Gasteiger partial charge in [0, 0.05) is 18.1 Å². The van der Waals surface area contributed by atoms with Crippen molar-refractivity contribution in [2.75, 3.05) is 13.1 Å². The van der Waals surface area contributed by atoms with E-state index >= 15 is 0 Å². The second-order valence-corrected chi connectivity index (χ2v) is 7.67. The molecule has 0 bridgehead atoms. The second kappa shape index (κ2) is 7.10. The van der Waals surface area contributed by atoms with Gasteiger partial charge in [0.05, 0.1) is 11.0 Å². The van der Waals surface area contributed by atoms with Gasteiger partial charge in [-0.3, -0.25) is 4.79 Å². The molecule has 3 aromatic rings. The minimum absolute atomic E-state index is 0.159. The lowest BCUT2D eigenvalue weighted by atomic mass is 10.1. The second-order valence-electron chi connectivity index (χ2n) is 6.14. The van der Waals surface area contributed by atoms with Gasteiger partial charge in [0.15, 0.2) is 5.16 Å². The first-order valence-corrected chi connectivity index (χ1v) is 9.62. The van der Waals surface area contributed by atoms with Crippen molar-refractivity contribution in [1.29, 1.82) is 0 Å². The molecule has 0 aliphatic carbocycles. The van der Waals surface area contributed by atoms with Gasteiger partial charge < -0.3 is 9.88 Å². The van der Waals surface area contributed by atoms with Crippen LogP contribution in [0.2, 0.25) is 5.02 Å². The van der Waals surface area contributed by atoms with Crippen molar-refractivity contribution in [1.82, 2.24) is 14.9 Å². The van der Waals surface area contributed by atoms with E-state index in [9.17, 15) is 4.79 Å². The van der Waals surface area contributed by atoms with Crippen LogP contribution in [-0.4, -0.2) is 33.9 Å². The maximum Gasteiger partial charge on any atom is 0.240 e. The quantitative estimate of drug-likeness (QED) is 0.678. The molecule has 128 valence electrons. The van der Waals surface area contributed by atoms with Crippen LogP contribution in [0.4, 0.5) is 0 Å². The number of likely N-dealkylation sites (tertiary alicyclic amines) is 1. The molecule has 2 heterocycles. The Kier molecular flexibility index (Phi) is 4.68. The van der Waals surface area contributed by atoms with Gasteiger partial charge in [-0.05, 0) is 36.6 Å². The van der Waals surface area contributed by atoms with Gasteiger partial charge in [0.1, 0.15) is 5.25 Å². The minimum Gasteiger partial charge on any atom is -0.341 e. The van der Waals surface area contributed by atoms with Crippen LogP contribution in [0.1, 0.15) is 23.7 Å². The van der Waals surface area contributed by atoms with Crippen LogP contribution in [0, 0.1) is 0 Å². The highest BCUT2D eigenvalue weighted by molar-refractivity contribution is 8.00. The first-order valence-electron chi connectivity index (χ1n) is 8.36. The number of imidazole rings is 1. The third kappa shape index (κ3) is 3.53. The number of fused-ring (bicyclic) bond motifs is 1. The third-order valence-electron chi connectivity index (χ3n) is 4.40. The summed E-state index contributed by atoms with van der Waals surface area (Å²) in [5.74, 6) is 0.159. The molecule has 0 saturated carbocycles. The zero-order valence-electron chi connectivity index (χ0n) is 13.6. The highest BCUT2D eigenvalue weighted by Crippen LogP contribution is 2.37. The Bertz CT molecular complexity index is 890. The molecular formula is C19H18ClN3OS. The lowest BCUT2D eigenvalue weighted by molar-refractivity contribution is -0.129. The lowest BCUT2D eigenvalue weighted by Gasteiger charge is -2.22.